The monoisotopic (exact) mass is 730 g/mol. The number of carbonyl (C=O) groups is 5. The van der Waals surface area contributed by atoms with Crippen LogP contribution in [0, 0.1) is 29.1 Å². The molecule has 1 aliphatic heterocycles. The Balaban J connectivity index is 1.35. The van der Waals surface area contributed by atoms with Gasteiger partial charge in [0.1, 0.15) is 12.1 Å². The van der Waals surface area contributed by atoms with Crippen LogP contribution in [0.1, 0.15) is 130 Å². The van der Waals surface area contributed by atoms with Gasteiger partial charge in [0.05, 0.1) is 6.04 Å². The number of hydrogen-bond donors (Lipinski definition) is 6. The van der Waals surface area contributed by atoms with E-state index in [1.54, 1.807) is 18.9 Å². The van der Waals surface area contributed by atoms with Gasteiger partial charge in [-0.25, -0.2) is 0 Å². The number of rotatable bonds is 15. The van der Waals surface area contributed by atoms with Crippen molar-refractivity contribution in [2.75, 3.05) is 33.7 Å². The summed E-state index contributed by atoms with van der Waals surface area (Å²) in [6, 6.07) is -1.83. The van der Waals surface area contributed by atoms with Gasteiger partial charge in [0.25, 0.3) is 0 Å². The molecule has 0 bridgehead atoms. The summed E-state index contributed by atoms with van der Waals surface area (Å²) in [5.74, 6) is -0.245. The number of nitrogens with one attached hydrogen (secondary N) is 6. The Morgan fingerprint density at radius 2 is 1.17 bits per heavy atom. The topological polar surface area (TPSA) is 161 Å². The van der Waals surface area contributed by atoms with E-state index in [1.807, 2.05) is 27.8 Å². The molecule has 4 aliphatic rings. The molecule has 6 N–H and O–H groups in total. The molecule has 0 aromatic rings. The fourth-order valence-electron chi connectivity index (χ4n) is 9.08. The Kier molecular flexibility index (Phi) is 16.2. The van der Waals surface area contributed by atoms with Crippen LogP contribution in [0.25, 0.3) is 0 Å². The molecule has 4 fully saturated rings. The summed E-state index contributed by atoms with van der Waals surface area (Å²) in [7, 11) is 3.68. The van der Waals surface area contributed by atoms with Crippen molar-refractivity contribution in [3.05, 3.63) is 0 Å². The molecule has 1 heterocycles. The average molecular weight is 730 g/mol. The van der Waals surface area contributed by atoms with Crippen LogP contribution in [-0.4, -0.2) is 98.4 Å². The lowest BCUT2D eigenvalue weighted by molar-refractivity contribution is -0.144. The van der Waals surface area contributed by atoms with Crippen LogP contribution >= 0.6 is 0 Å². The van der Waals surface area contributed by atoms with Crippen LogP contribution in [0.3, 0.4) is 0 Å². The molecule has 0 aromatic heterocycles. The van der Waals surface area contributed by atoms with Gasteiger partial charge in [-0.05, 0) is 96.1 Å². The summed E-state index contributed by atoms with van der Waals surface area (Å²) < 4.78 is 0. The zero-order chi connectivity index (χ0) is 37.8. The molecule has 1 saturated heterocycles. The minimum absolute atomic E-state index is 0.0416. The van der Waals surface area contributed by atoms with Crippen molar-refractivity contribution in [3.63, 3.8) is 0 Å². The Morgan fingerprint density at radius 1 is 0.635 bits per heavy atom. The fraction of sp³-hybridized carbons (Fsp3) is 0.875. The maximum absolute atomic E-state index is 14.0. The molecule has 0 aromatic carbocycles. The standard InChI is InChI=1S/C40H71N7O5/c1-26(41-5)35(48)46-34(40(2,3)4)39(52)47-22-14-21-33(47)38(51)45-32(28-17-11-8-12-18-28)25-44-37(50)30-20-13-19-29(23-30)36(49)43-24-31(42-6)27-15-9-7-10-16-27/h26-34,41-42H,7-25H2,1-6H3,(H,43,49)(H,44,50)(H,45,51)(H,46,48)/t26-,29?,30?,31+,32+,33-,34+/m0/s1. The number of likely N-dealkylation sites (N-methyl/N-ethyl adjacent to an activating group) is 2. The van der Waals surface area contributed by atoms with Crippen LogP contribution < -0.4 is 31.9 Å². The van der Waals surface area contributed by atoms with E-state index >= 15 is 0 Å². The first-order valence-electron chi connectivity index (χ1n) is 20.6. The van der Waals surface area contributed by atoms with Gasteiger partial charge in [0, 0.05) is 43.6 Å². The Bertz CT molecular complexity index is 1200. The summed E-state index contributed by atoms with van der Waals surface area (Å²) in [5.41, 5.74) is -0.554. The first kappa shape index (κ1) is 42.0. The van der Waals surface area contributed by atoms with E-state index in [-0.39, 0.29) is 59.4 Å². The molecule has 12 heteroatoms. The molecule has 5 amide bonds. The zero-order valence-electron chi connectivity index (χ0n) is 33.1. The van der Waals surface area contributed by atoms with E-state index in [9.17, 15) is 24.0 Å². The van der Waals surface area contributed by atoms with Crippen molar-refractivity contribution < 1.29 is 24.0 Å². The third-order valence-corrected chi connectivity index (χ3v) is 12.6. The molecule has 3 saturated carbocycles. The number of carbonyl (C=O) groups excluding carboxylic acids is 5. The van der Waals surface area contributed by atoms with Gasteiger partial charge in [0.15, 0.2) is 0 Å². The number of likely N-dealkylation sites (tertiary alicyclic amines) is 1. The normalized spacial score (nSPS) is 25.7. The number of hydrogen-bond acceptors (Lipinski definition) is 7. The predicted molar refractivity (Wildman–Crippen MR) is 204 cm³/mol. The smallest absolute Gasteiger partial charge is 0.246 e. The molecule has 0 radical (unpaired) electrons. The van der Waals surface area contributed by atoms with E-state index in [0.29, 0.717) is 44.8 Å². The van der Waals surface area contributed by atoms with Crippen molar-refractivity contribution in [1.29, 1.82) is 0 Å². The van der Waals surface area contributed by atoms with E-state index < -0.39 is 23.5 Å². The van der Waals surface area contributed by atoms with Crippen LogP contribution in [0.15, 0.2) is 0 Å². The summed E-state index contributed by atoms with van der Waals surface area (Å²) in [4.78, 5) is 69.4. The molecule has 296 valence electrons. The van der Waals surface area contributed by atoms with Gasteiger partial charge < -0.3 is 36.8 Å². The SMILES string of the molecule is CN[C@@H](C)C(=O)N[C@H](C(=O)N1CCC[C@H]1C(=O)N[C@H](CNC(=O)C1CCCC(C(=O)NC[C@@H](NC)C2CCCCC2)C1)C1CCCCC1)C(C)(C)C. The largest absolute Gasteiger partial charge is 0.354 e. The van der Waals surface area contributed by atoms with Crippen LogP contribution in [0.2, 0.25) is 0 Å². The minimum atomic E-state index is -0.777. The van der Waals surface area contributed by atoms with Gasteiger partial charge in [-0.1, -0.05) is 65.7 Å². The van der Waals surface area contributed by atoms with E-state index in [1.165, 1.54) is 38.5 Å². The zero-order valence-corrected chi connectivity index (χ0v) is 33.1. The minimum Gasteiger partial charge on any atom is -0.354 e. The second kappa shape index (κ2) is 20.1. The molecule has 12 nitrogen and oxygen atoms in total. The summed E-state index contributed by atoms with van der Waals surface area (Å²) >= 11 is 0. The number of nitrogens with zero attached hydrogens (tertiary/aromatic N) is 1. The van der Waals surface area contributed by atoms with Gasteiger partial charge in [-0.2, -0.15) is 0 Å². The first-order valence-corrected chi connectivity index (χ1v) is 20.6. The lowest BCUT2D eigenvalue weighted by Crippen LogP contribution is -2.60. The highest BCUT2D eigenvalue weighted by molar-refractivity contribution is 5.94. The summed E-state index contributed by atoms with van der Waals surface area (Å²) in [6.45, 7) is 8.93. The Morgan fingerprint density at radius 3 is 1.69 bits per heavy atom. The third-order valence-electron chi connectivity index (χ3n) is 12.6. The van der Waals surface area contributed by atoms with Crippen LogP contribution in [0.5, 0.6) is 0 Å². The molecular weight excluding hydrogens is 658 g/mol. The van der Waals surface area contributed by atoms with Crippen molar-refractivity contribution in [2.24, 2.45) is 29.1 Å². The predicted octanol–water partition coefficient (Wildman–Crippen LogP) is 3.39. The van der Waals surface area contributed by atoms with Crippen molar-refractivity contribution >= 4 is 29.5 Å². The summed E-state index contributed by atoms with van der Waals surface area (Å²) in [6.07, 6.45) is 15.8. The highest BCUT2D eigenvalue weighted by Crippen LogP contribution is 2.32. The quantitative estimate of drug-likeness (QED) is 0.151. The highest BCUT2D eigenvalue weighted by Gasteiger charge is 2.43. The lowest BCUT2D eigenvalue weighted by Gasteiger charge is -2.37. The van der Waals surface area contributed by atoms with E-state index in [0.717, 1.165) is 44.9 Å². The molecule has 3 aliphatic carbocycles. The van der Waals surface area contributed by atoms with Gasteiger partial charge in [-0.15, -0.1) is 0 Å². The molecule has 7 atom stereocenters. The first-order chi connectivity index (χ1) is 24.8. The fourth-order valence-corrected chi connectivity index (χ4v) is 9.08. The molecule has 4 rings (SSSR count). The molecule has 0 spiro atoms. The number of amides is 5. The second-order valence-electron chi connectivity index (χ2n) is 17.4. The Hall–Kier alpha value is -2.73. The van der Waals surface area contributed by atoms with Gasteiger partial charge in [0.2, 0.25) is 29.5 Å². The molecular formula is C40H71N7O5. The Labute approximate surface area is 313 Å². The van der Waals surface area contributed by atoms with Gasteiger partial charge >= 0.3 is 0 Å². The second-order valence-corrected chi connectivity index (χ2v) is 17.4. The maximum Gasteiger partial charge on any atom is 0.246 e. The van der Waals surface area contributed by atoms with Crippen molar-refractivity contribution in [1.82, 2.24) is 36.8 Å². The lowest BCUT2D eigenvalue weighted by atomic mass is 9.80. The maximum atomic E-state index is 14.0. The van der Waals surface area contributed by atoms with E-state index in [2.05, 4.69) is 31.9 Å². The third kappa shape index (κ3) is 11.6. The van der Waals surface area contributed by atoms with Crippen LogP contribution in [-0.2, 0) is 24.0 Å². The summed E-state index contributed by atoms with van der Waals surface area (Å²) in [5, 5.41) is 19.0. The molecule has 52 heavy (non-hydrogen) atoms. The van der Waals surface area contributed by atoms with Crippen LogP contribution in [0.4, 0.5) is 0 Å². The van der Waals surface area contributed by atoms with Crippen molar-refractivity contribution in [3.8, 4) is 0 Å². The average Bonchev–Trinajstić information content (AvgIpc) is 3.65. The highest BCUT2D eigenvalue weighted by atomic mass is 16.2. The molecule has 2 unspecified atom stereocenters. The van der Waals surface area contributed by atoms with E-state index in [4.69, 9.17) is 0 Å². The van der Waals surface area contributed by atoms with Crippen molar-refractivity contribution in [2.45, 2.75) is 161 Å². The van der Waals surface area contributed by atoms with Gasteiger partial charge in [-0.3, -0.25) is 24.0 Å².